The summed E-state index contributed by atoms with van der Waals surface area (Å²) in [6.45, 7) is 4.74. The lowest BCUT2D eigenvalue weighted by Crippen LogP contribution is -3.12. The van der Waals surface area contributed by atoms with Crippen molar-refractivity contribution < 1.29 is 27.9 Å². The Hall–Kier alpha value is -2.67. The second kappa shape index (κ2) is 9.32. The SMILES string of the molecule is CCOc1ccc(C[NH+](C)[C@H](C)C(=O)Nc2ccc(F)cc2F)cc1OC. The number of carbonyl (C=O) groups is 1. The van der Waals surface area contributed by atoms with E-state index in [-0.39, 0.29) is 11.6 Å². The monoisotopic (exact) mass is 379 g/mol. The van der Waals surface area contributed by atoms with Crippen LogP contribution in [0.15, 0.2) is 36.4 Å². The van der Waals surface area contributed by atoms with Gasteiger partial charge in [-0.3, -0.25) is 4.79 Å². The zero-order valence-electron chi connectivity index (χ0n) is 15.9. The van der Waals surface area contributed by atoms with E-state index in [4.69, 9.17) is 9.47 Å². The molecule has 146 valence electrons. The molecule has 5 nitrogen and oxygen atoms in total. The number of anilines is 1. The molecule has 0 aliphatic rings. The van der Waals surface area contributed by atoms with Gasteiger partial charge in [-0.05, 0) is 44.2 Å². The number of rotatable bonds is 8. The van der Waals surface area contributed by atoms with Gasteiger partial charge in [-0.25, -0.2) is 8.78 Å². The fraction of sp³-hybridized carbons (Fsp3) is 0.350. The van der Waals surface area contributed by atoms with Crippen molar-refractivity contribution >= 4 is 11.6 Å². The first-order chi connectivity index (χ1) is 12.8. The molecule has 1 unspecified atom stereocenters. The first-order valence-electron chi connectivity index (χ1n) is 8.73. The summed E-state index contributed by atoms with van der Waals surface area (Å²) >= 11 is 0. The molecule has 0 saturated heterocycles. The van der Waals surface area contributed by atoms with Crippen LogP contribution in [-0.2, 0) is 11.3 Å². The average Bonchev–Trinajstić information content (AvgIpc) is 2.64. The van der Waals surface area contributed by atoms with Gasteiger partial charge in [0.05, 0.1) is 26.5 Å². The Balaban J connectivity index is 2.04. The smallest absolute Gasteiger partial charge is 0.282 e. The summed E-state index contributed by atoms with van der Waals surface area (Å²) in [5.41, 5.74) is 0.934. The summed E-state index contributed by atoms with van der Waals surface area (Å²) in [5.74, 6) is -0.544. The molecule has 27 heavy (non-hydrogen) atoms. The van der Waals surface area contributed by atoms with Crippen LogP contribution in [0.25, 0.3) is 0 Å². The fourth-order valence-electron chi connectivity index (χ4n) is 2.63. The highest BCUT2D eigenvalue weighted by Crippen LogP contribution is 2.27. The Kier molecular flexibility index (Phi) is 7.12. The third-order valence-corrected chi connectivity index (χ3v) is 4.33. The van der Waals surface area contributed by atoms with E-state index in [2.05, 4.69) is 5.32 Å². The second-order valence-corrected chi connectivity index (χ2v) is 6.28. The predicted molar refractivity (Wildman–Crippen MR) is 99.2 cm³/mol. The predicted octanol–water partition coefficient (Wildman–Crippen LogP) is 2.41. The maximum atomic E-state index is 13.7. The number of amides is 1. The molecule has 2 N–H and O–H groups in total. The number of methoxy groups -OCH3 is 1. The molecular weight excluding hydrogens is 354 g/mol. The number of nitrogens with one attached hydrogen (secondary N) is 2. The Morgan fingerprint density at radius 1 is 1.19 bits per heavy atom. The van der Waals surface area contributed by atoms with Crippen molar-refractivity contribution in [1.82, 2.24) is 0 Å². The number of quaternary nitrogens is 1. The number of benzene rings is 2. The van der Waals surface area contributed by atoms with E-state index in [1.54, 1.807) is 14.0 Å². The maximum absolute atomic E-state index is 13.7. The largest absolute Gasteiger partial charge is 0.493 e. The summed E-state index contributed by atoms with van der Waals surface area (Å²) in [5, 5.41) is 2.51. The van der Waals surface area contributed by atoms with Gasteiger partial charge in [0.25, 0.3) is 5.91 Å². The molecule has 0 radical (unpaired) electrons. The normalized spacial score (nSPS) is 13.0. The molecule has 7 heteroatoms. The number of hydrogen-bond acceptors (Lipinski definition) is 3. The minimum atomic E-state index is -0.801. The van der Waals surface area contributed by atoms with Gasteiger partial charge in [-0.15, -0.1) is 0 Å². The van der Waals surface area contributed by atoms with E-state index in [1.807, 2.05) is 32.2 Å². The maximum Gasteiger partial charge on any atom is 0.282 e. The Morgan fingerprint density at radius 3 is 2.56 bits per heavy atom. The van der Waals surface area contributed by atoms with E-state index < -0.39 is 17.7 Å². The summed E-state index contributed by atoms with van der Waals surface area (Å²) in [4.78, 5) is 13.3. The van der Waals surface area contributed by atoms with Gasteiger partial charge in [0.1, 0.15) is 18.2 Å². The Morgan fingerprint density at radius 2 is 1.93 bits per heavy atom. The number of halogens is 2. The minimum absolute atomic E-state index is 0.0382. The number of carbonyl (C=O) groups excluding carboxylic acids is 1. The van der Waals surface area contributed by atoms with Crippen LogP contribution in [0.5, 0.6) is 11.5 Å². The van der Waals surface area contributed by atoms with Crippen LogP contribution in [0.1, 0.15) is 19.4 Å². The van der Waals surface area contributed by atoms with Gasteiger partial charge < -0.3 is 19.7 Å². The lowest BCUT2D eigenvalue weighted by molar-refractivity contribution is -0.907. The highest BCUT2D eigenvalue weighted by atomic mass is 19.1. The summed E-state index contributed by atoms with van der Waals surface area (Å²) in [6, 6.07) is 8.23. The van der Waals surface area contributed by atoms with Gasteiger partial charge in [-0.1, -0.05) is 0 Å². The first kappa shape index (κ1) is 20.6. The number of hydrogen-bond donors (Lipinski definition) is 2. The lowest BCUT2D eigenvalue weighted by Gasteiger charge is -2.22. The van der Waals surface area contributed by atoms with Gasteiger partial charge in [-0.2, -0.15) is 0 Å². The zero-order chi connectivity index (χ0) is 20.0. The molecule has 0 bridgehead atoms. The molecule has 2 aromatic carbocycles. The van der Waals surface area contributed by atoms with Crippen molar-refractivity contribution in [2.45, 2.75) is 26.4 Å². The van der Waals surface area contributed by atoms with Crippen molar-refractivity contribution in [3.63, 3.8) is 0 Å². The molecule has 0 heterocycles. The molecule has 1 amide bonds. The van der Waals surface area contributed by atoms with Crippen LogP contribution in [0.2, 0.25) is 0 Å². The molecule has 0 aliphatic carbocycles. The van der Waals surface area contributed by atoms with Crippen molar-refractivity contribution in [2.24, 2.45) is 0 Å². The van der Waals surface area contributed by atoms with Crippen LogP contribution in [-0.4, -0.2) is 32.7 Å². The minimum Gasteiger partial charge on any atom is -0.493 e. The molecule has 0 aliphatic heterocycles. The topological polar surface area (TPSA) is 52.0 Å². The van der Waals surface area contributed by atoms with Crippen LogP contribution in [0, 0.1) is 11.6 Å². The van der Waals surface area contributed by atoms with Crippen molar-refractivity contribution in [1.29, 1.82) is 0 Å². The third-order valence-electron chi connectivity index (χ3n) is 4.33. The van der Waals surface area contributed by atoms with E-state index in [9.17, 15) is 13.6 Å². The van der Waals surface area contributed by atoms with Crippen LogP contribution in [0.4, 0.5) is 14.5 Å². The highest BCUT2D eigenvalue weighted by molar-refractivity contribution is 5.93. The number of likely N-dealkylation sites (N-methyl/N-ethyl adjacent to an activating group) is 1. The third kappa shape index (κ3) is 5.40. The zero-order valence-corrected chi connectivity index (χ0v) is 15.9. The summed E-state index contributed by atoms with van der Waals surface area (Å²) in [6.07, 6.45) is 0. The summed E-state index contributed by atoms with van der Waals surface area (Å²) in [7, 11) is 3.44. The highest BCUT2D eigenvalue weighted by Gasteiger charge is 2.23. The Labute approximate surface area is 157 Å². The van der Waals surface area contributed by atoms with Gasteiger partial charge in [0.2, 0.25) is 0 Å². The Bertz CT molecular complexity index is 799. The molecule has 2 atom stereocenters. The molecular formula is C20H25F2N2O3+. The molecule has 0 aromatic heterocycles. The van der Waals surface area contributed by atoms with Crippen molar-refractivity contribution in [3.8, 4) is 11.5 Å². The van der Waals surface area contributed by atoms with Crippen molar-refractivity contribution in [3.05, 3.63) is 53.6 Å². The van der Waals surface area contributed by atoms with E-state index >= 15 is 0 Å². The quantitative estimate of drug-likeness (QED) is 0.741. The van der Waals surface area contributed by atoms with E-state index in [0.717, 1.165) is 22.6 Å². The van der Waals surface area contributed by atoms with E-state index in [1.165, 1.54) is 6.07 Å². The molecule has 2 rings (SSSR count). The van der Waals surface area contributed by atoms with Gasteiger partial charge in [0.15, 0.2) is 17.5 Å². The van der Waals surface area contributed by atoms with Crippen molar-refractivity contribution in [2.75, 3.05) is 26.1 Å². The number of ether oxygens (including phenoxy) is 2. The van der Waals surface area contributed by atoms with Gasteiger partial charge >= 0.3 is 0 Å². The van der Waals surface area contributed by atoms with Crippen LogP contribution < -0.4 is 19.7 Å². The van der Waals surface area contributed by atoms with Crippen LogP contribution in [0.3, 0.4) is 0 Å². The van der Waals surface area contributed by atoms with Crippen LogP contribution >= 0.6 is 0 Å². The molecule has 0 saturated carbocycles. The summed E-state index contributed by atoms with van der Waals surface area (Å²) < 4.78 is 37.5. The molecule has 0 spiro atoms. The standard InChI is InChI=1S/C20H24F2N2O3/c1-5-27-18-9-6-14(10-19(18)26-4)12-24(3)13(2)20(25)23-17-8-7-15(21)11-16(17)22/h6-11,13H,5,12H2,1-4H3,(H,23,25)/p+1/t13-/m1/s1. The first-order valence-corrected chi connectivity index (χ1v) is 8.73. The lowest BCUT2D eigenvalue weighted by atomic mass is 10.1. The van der Waals surface area contributed by atoms with Gasteiger partial charge in [0, 0.05) is 11.6 Å². The fourth-order valence-corrected chi connectivity index (χ4v) is 2.63. The van der Waals surface area contributed by atoms with E-state index in [0.29, 0.717) is 24.7 Å². The molecule has 2 aromatic rings. The molecule has 0 fully saturated rings. The average molecular weight is 379 g/mol. The second-order valence-electron chi connectivity index (χ2n) is 6.28.